The molecule has 3 aromatic carbocycles. The number of hydrogen-bond acceptors (Lipinski definition) is 9. The van der Waals surface area contributed by atoms with Crippen molar-refractivity contribution in [3.05, 3.63) is 102 Å². The van der Waals surface area contributed by atoms with Crippen molar-refractivity contribution in [1.82, 2.24) is 25.1 Å². The number of sulfonamides is 1. The van der Waals surface area contributed by atoms with Crippen LogP contribution in [0.1, 0.15) is 41.3 Å². The Morgan fingerprint density at radius 2 is 1.65 bits per heavy atom. The number of hydrogen-bond donors (Lipinski definition) is 3. The first-order valence-electron chi connectivity index (χ1n) is 16.4. The van der Waals surface area contributed by atoms with Crippen LogP contribution in [-0.2, 0) is 32.5 Å². The van der Waals surface area contributed by atoms with E-state index in [0.717, 1.165) is 16.5 Å². The van der Waals surface area contributed by atoms with Crippen LogP contribution in [0, 0.1) is 0 Å². The summed E-state index contributed by atoms with van der Waals surface area (Å²) in [6.07, 6.45) is 4.28. The zero-order chi connectivity index (χ0) is 36.5. The lowest BCUT2D eigenvalue weighted by atomic mass is 9.99. The lowest BCUT2D eigenvalue weighted by Gasteiger charge is -2.29. The number of aromatic nitrogens is 2. The summed E-state index contributed by atoms with van der Waals surface area (Å²) in [6.45, 7) is 1.85. The normalized spacial score (nSPS) is 12.5. The van der Waals surface area contributed by atoms with E-state index < -0.39 is 39.8 Å². The third kappa shape index (κ3) is 9.14. The molecule has 2 atom stereocenters. The maximum absolute atomic E-state index is 14.4. The highest BCUT2D eigenvalue weighted by molar-refractivity contribution is 7.90. The van der Waals surface area contributed by atoms with Gasteiger partial charge in [-0.25, -0.2) is 8.42 Å². The Morgan fingerprint density at radius 3 is 2.29 bits per heavy atom. The Hall–Kier alpha value is -5.63. The lowest BCUT2D eigenvalue weighted by Crippen LogP contribution is -2.56. The van der Waals surface area contributed by atoms with Gasteiger partial charge in [-0.3, -0.25) is 19.1 Å². The van der Waals surface area contributed by atoms with E-state index in [2.05, 4.69) is 20.2 Å². The Bertz CT molecular complexity index is 2060. The molecule has 0 spiro atoms. The number of aromatic amines is 1. The first-order valence-corrected chi connectivity index (χ1v) is 18.1. The second-order valence-corrected chi connectivity index (χ2v) is 13.9. The number of H-pyrrole nitrogens is 1. The quantitative estimate of drug-likeness (QED) is 0.133. The van der Waals surface area contributed by atoms with Gasteiger partial charge in [-0.1, -0.05) is 61.0 Å². The summed E-state index contributed by atoms with van der Waals surface area (Å²) in [6, 6.07) is 18.7. The van der Waals surface area contributed by atoms with E-state index in [9.17, 15) is 22.8 Å². The fourth-order valence-electron chi connectivity index (χ4n) is 5.68. The van der Waals surface area contributed by atoms with Gasteiger partial charge in [0.2, 0.25) is 15.9 Å². The molecule has 5 rings (SSSR count). The molecule has 0 unspecified atom stereocenters. The van der Waals surface area contributed by atoms with Gasteiger partial charge in [-0.2, -0.15) is 0 Å². The van der Waals surface area contributed by atoms with Gasteiger partial charge in [-0.05, 0) is 35.7 Å². The summed E-state index contributed by atoms with van der Waals surface area (Å²) in [5.41, 5.74) is 3.21. The molecule has 13 nitrogen and oxygen atoms in total. The molecule has 2 heterocycles. The third-order valence-electron chi connectivity index (χ3n) is 8.55. The molecule has 2 aromatic heterocycles. The number of carbonyl (C=O) groups excluding carboxylic acids is 3. The van der Waals surface area contributed by atoms with E-state index in [1.54, 1.807) is 18.3 Å². The highest BCUT2D eigenvalue weighted by Crippen LogP contribution is 2.25. The second kappa shape index (κ2) is 16.4. The predicted molar refractivity (Wildman–Crippen MR) is 192 cm³/mol. The van der Waals surface area contributed by atoms with Crippen molar-refractivity contribution in [3.63, 3.8) is 0 Å². The number of nitrogens with one attached hydrogen (secondary N) is 3. The first-order chi connectivity index (χ1) is 24.5. The van der Waals surface area contributed by atoms with Crippen LogP contribution in [0.25, 0.3) is 22.2 Å². The van der Waals surface area contributed by atoms with Crippen molar-refractivity contribution >= 4 is 38.6 Å². The molecule has 0 bridgehead atoms. The van der Waals surface area contributed by atoms with Gasteiger partial charge in [0.05, 0.1) is 26.2 Å². The van der Waals surface area contributed by atoms with Gasteiger partial charge in [0.1, 0.15) is 23.6 Å². The second-order valence-electron chi connectivity index (χ2n) is 12.1. The summed E-state index contributed by atoms with van der Waals surface area (Å²) >= 11 is 0. The molecule has 268 valence electrons. The van der Waals surface area contributed by atoms with E-state index in [1.165, 1.54) is 44.5 Å². The standard InChI is InChI=1S/C37H41N5O8S/c1-5-6-17-51(46,47)41-35(43)32(21-27-23-38-31-10-8-7-9-30(27)31)40-36(44)33(18-24-11-13-25(14-12-24)34-15-16-39-50-34)42(2)37(45)26-19-28(48-3)22-29(20-26)49-4/h7-16,19-20,22-23,32-33,38H,5-6,17-18,21H2,1-4H3,(H,40,44)(H,41,43)/t32-,33-/m0/s1. The maximum atomic E-state index is 14.4. The van der Waals surface area contributed by atoms with Crippen LogP contribution in [0.3, 0.4) is 0 Å². The summed E-state index contributed by atoms with van der Waals surface area (Å²) in [5, 5.41) is 7.36. The number of unbranched alkanes of at least 4 members (excludes halogenated alkanes) is 1. The number of amides is 3. The number of likely N-dealkylation sites (N-methyl/N-ethyl adjacent to an activating group) is 1. The number of ether oxygens (including phenoxy) is 2. The average molecular weight is 716 g/mol. The summed E-state index contributed by atoms with van der Waals surface area (Å²) in [4.78, 5) is 46.5. The Labute approximate surface area is 296 Å². The zero-order valence-electron chi connectivity index (χ0n) is 28.8. The number of carbonyl (C=O) groups is 3. The fraction of sp³-hybridized carbons (Fsp3) is 0.297. The van der Waals surface area contributed by atoms with Gasteiger partial charge in [0.15, 0.2) is 5.76 Å². The Balaban J connectivity index is 1.48. The molecule has 0 saturated heterocycles. The molecule has 3 N–H and O–H groups in total. The van der Waals surface area contributed by atoms with E-state index in [0.29, 0.717) is 41.2 Å². The smallest absolute Gasteiger partial charge is 0.256 e. The minimum atomic E-state index is -3.97. The van der Waals surface area contributed by atoms with Gasteiger partial charge in [0.25, 0.3) is 11.8 Å². The van der Waals surface area contributed by atoms with Crippen molar-refractivity contribution in [2.24, 2.45) is 0 Å². The molecule has 51 heavy (non-hydrogen) atoms. The number of benzene rings is 3. The molecule has 0 aliphatic heterocycles. The van der Waals surface area contributed by atoms with Crippen molar-refractivity contribution < 1.29 is 36.8 Å². The van der Waals surface area contributed by atoms with Gasteiger partial charge < -0.3 is 29.2 Å². The maximum Gasteiger partial charge on any atom is 0.256 e. The molecule has 0 radical (unpaired) electrons. The average Bonchev–Trinajstić information content (AvgIpc) is 3.83. The SMILES string of the molecule is CCCCS(=O)(=O)NC(=O)[C@H](Cc1c[nH]c2ccccc12)NC(=O)[C@H](Cc1ccc(-c2ccno2)cc1)N(C)C(=O)c1cc(OC)cc(OC)c1. The predicted octanol–water partition coefficient (Wildman–Crippen LogP) is 4.50. The fourth-order valence-corrected chi connectivity index (χ4v) is 6.90. The minimum absolute atomic E-state index is 0.0196. The van der Waals surface area contributed by atoms with Crippen molar-refractivity contribution in [2.75, 3.05) is 27.0 Å². The number of nitrogens with zero attached hydrogens (tertiary/aromatic N) is 2. The van der Waals surface area contributed by atoms with Crippen LogP contribution in [-0.4, -0.2) is 80.3 Å². The molecule has 5 aromatic rings. The van der Waals surface area contributed by atoms with Crippen molar-refractivity contribution in [3.8, 4) is 22.8 Å². The van der Waals surface area contributed by atoms with Gasteiger partial charge in [-0.15, -0.1) is 0 Å². The summed E-state index contributed by atoms with van der Waals surface area (Å²) < 4.78 is 43.8. The van der Waals surface area contributed by atoms with Crippen LogP contribution in [0.4, 0.5) is 0 Å². The van der Waals surface area contributed by atoms with Crippen LogP contribution >= 0.6 is 0 Å². The minimum Gasteiger partial charge on any atom is -0.497 e. The molecular weight excluding hydrogens is 675 g/mol. The molecule has 3 amide bonds. The number of methoxy groups -OCH3 is 2. The lowest BCUT2D eigenvalue weighted by molar-refractivity contribution is -0.130. The zero-order valence-corrected chi connectivity index (χ0v) is 29.7. The Kier molecular flexibility index (Phi) is 11.8. The molecule has 0 aliphatic carbocycles. The highest BCUT2D eigenvalue weighted by Gasteiger charge is 2.33. The van der Waals surface area contributed by atoms with E-state index in [4.69, 9.17) is 14.0 Å². The third-order valence-corrected chi connectivity index (χ3v) is 9.89. The topological polar surface area (TPSA) is 173 Å². The van der Waals surface area contributed by atoms with Crippen LogP contribution in [0.2, 0.25) is 0 Å². The summed E-state index contributed by atoms with van der Waals surface area (Å²) in [5.74, 6) is -0.959. The molecule has 0 aliphatic rings. The first kappa shape index (κ1) is 36.6. The van der Waals surface area contributed by atoms with Crippen LogP contribution in [0.5, 0.6) is 11.5 Å². The number of fused-ring (bicyclic) bond motifs is 1. The molecule has 0 fully saturated rings. The van der Waals surface area contributed by atoms with Crippen molar-refractivity contribution in [1.29, 1.82) is 0 Å². The van der Waals surface area contributed by atoms with Gasteiger partial charge in [0, 0.05) is 60.2 Å². The summed E-state index contributed by atoms with van der Waals surface area (Å²) in [7, 11) is 0.447. The number of para-hydroxylation sites is 1. The number of rotatable bonds is 16. The van der Waals surface area contributed by atoms with E-state index >= 15 is 0 Å². The largest absolute Gasteiger partial charge is 0.497 e. The van der Waals surface area contributed by atoms with E-state index in [-0.39, 0.29) is 24.2 Å². The molecule has 0 saturated carbocycles. The monoisotopic (exact) mass is 715 g/mol. The van der Waals surface area contributed by atoms with E-state index in [1.807, 2.05) is 55.5 Å². The van der Waals surface area contributed by atoms with Gasteiger partial charge >= 0.3 is 0 Å². The molecular formula is C37H41N5O8S. The van der Waals surface area contributed by atoms with Crippen molar-refractivity contribution in [2.45, 2.75) is 44.7 Å². The van der Waals surface area contributed by atoms with Crippen LogP contribution in [0.15, 0.2) is 89.7 Å². The Morgan fingerprint density at radius 1 is 0.941 bits per heavy atom. The molecule has 14 heteroatoms. The highest BCUT2D eigenvalue weighted by atomic mass is 32.2. The van der Waals surface area contributed by atoms with Crippen LogP contribution < -0.4 is 19.5 Å².